The molecule has 0 radical (unpaired) electrons. The third-order valence-corrected chi connectivity index (χ3v) is 0.231. The van der Waals surface area contributed by atoms with Crippen molar-refractivity contribution in [2.24, 2.45) is 0 Å². The summed E-state index contributed by atoms with van der Waals surface area (Å²) in [5, 5.41) is 0. The first-order valence-corrected chi connectivity index (χ1v) is 2.18. The fraction of sp³-hybridized carbons (Fsp3) is 1.00. The molecule has 52 valence electrons. The van der Waals surface area contributed by atoms with Gasteiger partial charge in [-0.05, 0) is 0 Å². The predicted molar refractivity (Wildman–Crippen MR) is 24.4 cm³/mol. The molecule has 0 spiro atoms. The lowest BCUT2D eigenvalue weighted by Crippen LogP contribution is -2.08. The van der Waals surface area contributed by atoms with E-state index in [0.717, 1.165) is 0 Å². The van der Waals surface area contributed by atoms with Crippen molar-refractivity contribution in [3.05, 3.63) is 0 Å². The quantitative estimate of drug-likeness (QED) is 0.488. The minimum atomic E-state index is -4.46. The molecule has 0 aliphatic carbocycles. The lowest BCUT2D eigenvalue weighted by molar-refractivity contribution is -0.311. The summed E-state index contributed by atoms with van der Waals surface area (Å²) in [7, 11) is 0.583. The van der Waals surface area contributed by atoms with Crippen molar-refractivity contribution in [3.63, 3.8) is 0 Å². The molecule has 0 bridgehead atoms. The maximum atomic E-state index is 10.6. The lowest BCUT2D eigenvalue weighted by Gasteiger charge is -1.97. The Bertz CT molecular complexity index is 41.0. The zero-order valence-electron chi connectivity index (χ0n) is 5.04. The SMILES string of the molecule is CC.COC(F)(F)F. The van der Waals surface area contributed by atoms with Crippen LogP contribution < -0.4 is 0 Å². The van der Waals surface area contributed by atoms with E-state index in [1.54, 1.807) is 0 Å². The second kappa shape index (κ2) is 4.90. The van der Waals surface area contributed by atoms with Gasteiger partial charge in [-0.25, -0.2) is 0 Å². The van der Waals surface area contributed by atoms with Gasteiger partial charge in [0.05, 0.1) is 0 Å². The lowest BCUT2D eigenvalue weighted by atomic mass is 11.0. The van der Waals surface area contributed by atoms with Gasteiger partial charge in [0.2, 0.25) is 0 Å². The highest BCUT2D eigenvalue weighted by Gasteiger charge is 2.25. The van der Waals surface area contributed by atoms with Gasteiger partial charge in [0, 0.05) is 7.11 Å². The van der Waals surface area contributed by atoms with E-state index in [-0.39, 0.29) is 0 Å². The molecule has 0 amide bonds. The van der Waals surface area contributed by atoms with Crippen LogP contribution in [-0.2, 0) is 4.74 Å². The van der Waals surface area contributed by atoms with E-state index < -0.39 is 6.36 Å². The summed E-state index contributed by atoms with van der Waals surface area (Å²) in [6, 6.07) is 0. The molecule has 0 atom stereocenters. The van der Waals surface area contributed by atoms with Crippen molar-refractivity contribution in [2.45, 2.75) is 20.2 Å². The Morgan fingerprint density at radius 1 is 1.12 bits per heavy atom. The summed E-state index contributed by atoms with van der Waals surface area (Å²) in [6.45, 7) is 4.00. The molecule has 0 aromatic rings. The van der Waals surface area contributed by atoms with Gasteiger partial charge >= 0.3 is 6.36 Å². The van der Waals surface area contributed by atoms with Crippen molar-refractivity contribution in [1.29, 1.82) is 0 Å². The predicted octanol–water partition coefficient (Wildman–Crippen LogP) is 2.18. The van der Waals surface area contributed by atoms with E-state index in [9.17, 15) is 13.2 Å². The standard InChI is InChI=1S/C2H3F3O.C2H6/c1-6-2(3,4)5;1-2/h1H3;1-2H3. The van der Waals surface area contributed by atoms with Gasteiger partial charge in [-0.2, -0.15) is 0 Å². The number of ether oxygens (including phenoxy) is 1. The minimum absolute atomic E-state index is 0.583. The molecule has 0 aromatic heterocycles. The van der Waals surface area contributed by atoms with Crippen LogP contribution in [0.1, 0.15) is 13.8 Å². The Balaban J connectivity index is 0. The molecule has 0 N–H and O–H groups in total. The van der Waals surface area contributed by atoms with Crippen molar-refractivity contribution < 1.29 is 17.9 Å². The average molecular weight is 130 g/mol. The van der Waals surface area contributed by atoms with Crippen LogP contribution in [0.2, 0.25) is 0 Å². The number of hydrogen-bond donors (Lipinski definition) is 0. The average Bonchev–Trinajstić information content (AvgIpc) is 1.71. The highest BCUT2D eigenvalue weighted by Crippen LogP contribution is 2.13. The van der Waals surface area contributed by atoms with Crippen LogP contribution in [0, 0.1) is 0 Å². The zero-order chi connectivity index (χ0) is 7.21. The molecule has 1 nitrogen and oxygen atoms in total. The Morgan fingerprint density at radius 3 is 1.25 bits per heavy atom. The number of methoxy groups -OCH3 is 1. The van der Waals surface area contributed by atoms with Crippen LogP contribution in [0.3, 0.4) is 0 Å². The highest BCUT2D eigenvalue weighted by molar-refractivity contribution is 4.15. The third-order valence-electron chi connectivity index (χ3n) is 0.231. The zero-order valence-corrected chi connectivity index (χ0v) is 5.04. The molecule has 0 aromatic carbocycles. The molecular formula is C4H9F3O. The Morgan fingerprint density at radius 2 is 1.25 bits per heavy atom. The van der Waals surface area contributed by atoms with Crippen LogP contribution in [-0.4, -0.2) is 13.5 Å². The van der Waals surface area contributed by atoms with Gasteiger partial charge in [-0.3, -0.25) is 4.74 Å². The summed E-state index contributed by atoms with van der Waals surface area (Å²) < 4.78 is 34.6. The van der Waals surface area contributed by atoms with E-state index in [2.05, 4.69) is 4.74 Å². The molecule has 0 fully saturated rings. The molecule has 0 saturated heterocycles. The minimum Gasteiger partial charge on any atom is -0.295 e. The van der Waals surface area contributed by atoms with E-state index in [4.69, 9.17) is 0 Å². The van der Waals surface area contributed by atoms with Gasteiger partial charge in [-0.1, -0.05) is 13.8 Å². The highest BCUT2D eigenvalue weighted by atomic mass is 19.4. The molecular weight excluding hydrogens is 121 g/mol. The fourth-order valence-corrected chi connectivity index (χ4v) is 0. The summed E-state index contributed by atoms with van der Waals surface area (Å²) >= 11 is 0. The summed E-state index contributed by atoms with van der Waals surface area (Å²) in [5.41, 5.74) is 0. The topological polar surface area (TPSA) is 9.23 Å². The van der Waals surface area contributed by atoms with Crippen LogP contribution in [0.15, 0.2) is 0 Å². The number of hydrogen-bond acceptors (Lipinski definition) is 1. The molecule has 0 aliphatic heterocycles. The third kappa shape index (κ3) is 17.2. The second-order valence-electron chi connectivity index (χ2n) is 0.650. The molecule has 4 heteroatoms. The van der Waals surface area contributed by atoms with Gasteiger partial charge in [0.1, 0.15) is 0 Å². The first-order valence-electron chi connectivity index (χ1n) is 2.18. The van der Waals surface area contributed by atoms with Crippen molar-refractivity contribution >= 4 is 0 Å². The Kier molecular flexibility index (Phi) is 6.54. The molecule has 0 saturated carbocycles. The molecule has 0 unspecified atom stereocenters. The first kappa shape index (κ1) is 10.7. The van der Waals surface area contributed by atoms with Crippen LogP contribution in [0.5, 0.6) is 0 Å². The van der Waals surface area contributed by atoms with Crippen LogP contribution in [0.4, 0.5) is 13.2 Å². The number of rotatable bonds is 0. The smallest absolute Gasteiger partial charge is 0.295 e. The van der Waals surface area contributed by atoms with E-state index in [1.807, 2.05) is 13.8 Å². The first-order chi connectivity index (χ1) is 3.56. The van der Waals surface area contributed by atoms with Gasteiger partial charge in [0.15, 0.2) is 0 Å². The summed E-state index contributed by atoms with van der Waals surface area (Å²) in [6.07, 6.45) is -4.46. The molecule has 0 heterocycles. The Hall–Kier alpha value is -0.250. The fourth-order valence-electron chi connectivity index (χ4n) is 0. The molecule has 0 rings (SSSR count). The van der Waals surface area contributed by atoms with E-state index >= 15 is 0 Å². The van der Waals surface area contributed by atoms with Gasteiger partial charge < -0.3 is 0 Å². The van der Waals surface area contributed by atoms with Crippen molar-refractivity contribution in [1.82, 2.24) is 0 Å². The van der Waals surface area contributed by atoms with Gasteiger partial charge in [0.25, 0.3) is 0 Å². The maximum Gasteiger partial charge on any atom is 0.522 e. The normalized spacial score (nSPS) is 9.75. The maximum absolute atomic E-state index is 10.6. The number of alkyl halides is 3. The summed E-state index contributed by atoms with van der Waals surface area (Å²) in [4.78, 5) is 0. The van der Waals surface area contributed by atoms with Crippen LogP contribution >= 0.6 is 0 Å². The van der Waals surface area contributed by atoms with Gasteiger partial charge in [-0.15, -0.1) is 13.2 Å². The number of halogens is 3. The molecule has 0 aliphatic rings. The van der Waals surface area contributed by atoms with Crippen LogP contribution in [0.25, 0.3) is 0 Å². The molecule has 8 heavy (non-hydrogen) atoms. The van der Waals surface area contributed by atoms with E-state index in [1.165, 1.54) is 0 Å². The monoisotopic (exact) mass is 130 g/mol. The second-order valence-corrected chi connectivity index (χ2v) is 0.650. The Labute approximate surface area is 46.5 Å². The van der Waals surface area contributed by atoms with Crippen molar-refractivity contribution in [2.75, 3.05) is 7.11 Å². The summed E-state index contributed by atoms with van der Waals surface area (Å²) in [5.74, 6) is 0. The van der Waals surface area contributed by atoms with Crippen molar-refractivity contribution in [3.8, 4) is 0 Å². The van der Waals surface area contributed by atoms with E-state index in [0.29, 0.717) is 7.11 Å². The largest absolute Gasteiger partial charge is 0.522 e.